The Balaban J connectivity index is 1.48. The van der Waals surface area contributed by atoms with Crippen molar-refractivity contribution in [1.29, 1.82) is 0 Å². The van der Waals surface area contributed by atoms with Gasteiger partial charge in [0.1, 0.15) is 0 Å². The molecule has 2 aromatic heterocycles. The Labute approximate surface area is 190 Å². The van der Waals surface area contributed by atoms with E-state index in [1.807, 2.05) is 38.5 Å². The largest absolute Gasteiger partial charge is 0.353 e. The van der Waals surface area contributed by atoms with Gasteiger partial charge in [-0.2, -0.15) is 0 Å². The van der Waals surface area contributed by atoms with Crippen LogP contribution >= 0.6 is 0 Å². The third-order valence-electron chi connectivity index (χ3n) is 6.36. The van der Waals surface area contributed by atoms with Crippen molar-refractivity contribution in [2.75, 3.05) is 13.1 Å². The van der Waals surface area contributed by atoms with Crippen LogP contribution in [0, 0.1) is 5.41 Å². The van der Waals surface area contributed by atoms with Crippen LogP contribution in [0.1, 0.15) is 37.8 Å². The molecule has 0 unspecified atom stereocenters. The maximum absolute atomic E-state index is 13.3. The number of likely N-dealkylation sites (tertiary alicyclic amines) is 1. The fourth-order valence-electron chi connectivity index (χ4n) is 4.52. The zero-order valence-corrected chi connectivity index (χ0v) is 19.0. The van der Waals surface area contributed by atoms with Crippen LogP contribution < -0.4 is 5.32 Å². The summed E-state index contributed by atoms with van der Waals surface area (Å²) in [5, 5.41) is 3.20. The van der Waals surface area contributed by atoms with E-state index in [2.05, 4.69) is 62.6 Å². The van der Waals surface area contributed by atoms with Gasteiger partial charge in [-0.05, 0) is 86.7 Å². The first-order valence-electron chi connectivity index (χ1n) is 11.5. The van der Waals surface area contributed by atoms with Gasteiger partial charge in [0.25, 0.3) is 0 Å². The molecule has 0 radical (unpaired) electrons. The molecule has 0 atom stereocenters. The highest BCUT2D eigenvalue weighted by molar-refractivity contribution is 5.83. The fourth-order valence-corrected chi connectivity index (χ4v) is 4.52. The monoisotopic (exact) mass is 428 g/mol. The van der Waals surface area contributed by atoms with Crippen LogP contribution in [0.5, 0.6) is 0 Å². The zero-order chi connectivity index (χ0) is 22.4. The van der Waals surface area contributed by atoms with Crippen molar-refractivity contribution in [1.82, 2.24) is 20.2 Å². The van der Waals surface area contributed by atoms with Crippen molar-refractivity contribution in [2.45, 2.75) is 45.7 Å². The van der Waals surface area contributed by atoms with E-state index >= 15 is 0 Å². The summed E-state index contributed by atoms with van der Waals surface area (Å²) in [6, 6.07) is 16.9. The topological polar surface area (TPSA) is 58.1 Å². The van der Waals surface area contributed by atoms with Gasteiger partial charge in [-0.15, -0.1) is 0 Å². The van der Waals surface area contributed by atoms with E-state index in [0.717, 1.165) is 50.0 Å². The van der Waals surface area contributed by atoms with Gasteiger partial charge in [-0.3, -0.25) is 19.7 Å². The summed E-state index contributed by atoms with van der Waals surface area (Å²) in [7, 11) is 0. The highest BCUT2D eigenvalue weighted by Crippen LogP contribution is 2.36. The Bertz CT molecular complexity index is 995. The van der Waals surface area contributed by atoms with Crippen molar-refractivity contribution in [3.8, 4) is 11.1 Å². The molecule has 4 rings (SSSR count). The van der Waals surface area contributed by atoms with Crippen LogP contribution in [0.25, 0.3) is 11.1 Å². The maximum Gasteiger partial charge on any atom is 0.226 e. The van der Waals surface area contributed by atoms with Crippen LogP contribution in [-0.2, 0) is 17.8 Å². The Hall–Kier alpha value is -3.05. The van der Waals surface area contributed by atoms with E-state index in [-0.39, 0.29) is 17.4 Å². The number of nitrogens with zero attached hydrogens (tertiary/aromatic N) is 3. The molecule has 0 bridgehead atoms. The summed E-state index contributed by atoms with van der Waals surface area (Å²) in [5.74, 6) is 0.187. The lowest BCUT2D eigenvalue weighted by atomic mass is 9.72. The second kappa shape index (κ2) is 10.0. The molecule has 1 N–H and O–H groups in total. The molecule has 0 aliphatic carbocycles. The molecule has 1 aliphatic heterocycles. The number of hydrogen-bond acceptors (Lipinski definition) is 4. The molecule has 0 spiro atoms. The summed E-state index contributed by atoms with van der Waals surface area (Å²) in [6.07, 6.45) is 9.84. The molecule has 1 aromatic carbocycles. The summed E-state index contributed by atoms with van der Waals surface area (Å²) < 4.78 is 0. The number of benzene rings is 1. The van der Waals surface area contributed by atoms with Crippen molar-refractivity contribution in [3.63, 3.8) is 0 Å². The van der Waals surface area contributed by atoms with Crippen LogP contribution in [0.15, 0.2) is 73.3 Å². The number of carbonyl (C=O) groups is 1. The summed E-state index contributed by atoms with van der Waals surface area (Å²) in [6.45, 7) is 6.81. The van der Waals surface area contributed by atoms with Gasteiger partial charge in [-0.25, -0.2) is 0 Å². The van der Waals surface area contributed by atoms with E-state index in [1.165, 1.54) is 11.1 Å². The standard InChI is InChI=1S/C27H32N4O/c1-21(2)30-26(32)27(11-16-31(17-12-27)20-23-9-14-28-15-10-23)18-22-5-7-24(8-6-22)25-4-3-13-29-19-25/h3-10,13-15,19,21H,11-12,16-18,20H2,1-2H3,(H,30,32). The normalized spacial score (nSPS) is 16.1. The number of amides is 1. The number of nitrogens with one attached hydrogen (secondary N) is 1. The first-order valence-corrected chi connectivity index (χ1v) is 11.5. The van der Waals surface area contributed by atoms with Crippen LogP contribution in [-0.4, -0.2) is 39.9 Å². The second-order valence-electron chi connectivity index (χ2n) is 9.16. The molecule has 3 heterocycles. The average molecular weight is 429 g/mol. The minimum Gasteiger partial charge on any atom is -0.353 e. The first-order chi connectivity index (χ1) is 15.5. The van der Waals surface area contributed by atoms with Gasteiger partial charge in [0.05, 0.1) is 5.41 Å². The molecular weight excluding hydrogens is 396 g/mol. The van der Waals surface area contributed by atoms with Gasteiger partial charge in [-0.1, -0.05) is 30.3 Å². The van der Waals surface area contributed by atoms with Gasteiger partial charge < -0.3 is 5.32 Å². The summed E-state index contributed by atoms with van der Waals surface area (Å²) in [5.41, 5.74) is 4.36. The van der Waals surface area contributed by atoms with Crippen molar-refractivity contribution >= 4 is 5.91 Å². The average Bonchev–Trinajstić information content (AvgIpc) is 2.82. The van der Waals surface area contributed by atoms with Gasteiger partial charge in [0.2, 0.25) is 5.91 Å². The van der Waals surface area contributed by atoms with E-state index in [0.29, 0.717) is 0 Å². The van der Waals surface area contributed by atoms with Crippen LogP contribution in [0.4, 0.5) is 0 Å². The van der Waals surface area contributed by atoms with E-state index < -0.39 is 0 Å². The molecule has 1 saturated heterocycles. The highest BCUT2D eigenvalue weighted by Gasteiger charge is 2.41. The summed E-state index contributed by atoms with van der Waals surface area (Å²) in [4.78, 5) is 24.1. The van der Waals surface area contributed by atoms with Crippen molar-refractivity contribution in [2.24, 2.45) is 5.41 Å². The molecule has 5 heteroatoms. The minimum absolute atomic E-state index is 0.141. The smallest absolute Gasteiger partial charge is 0.226 e. The molecule has 5 nitrogen and oxygen atoms in total. The Morgan fingerprint density at radius 3 is 2.28 bits per heavy atom. The number of aromatic nitrogens is 2. The van der Waals surface area contributed by atoms with Gasteiger partial charge in [0, 0.05) is 37.4 Å². The SMILES string of the molecule is CC(C)NC(=O)C1(Cc2ccc(-c3cccnc3)cc2)CCN(Cc2ccncc2)CC1. The van der Waals surface area contributed by atoms with E-state index in [1.54, 1.807) is 6.20 Å². The Kier molecular flexibility index (Phi) is 6.96. The number of rotatable bonds is 7. The third-order valence-corrected chi connectivity index (χ3v) is 6.36. The van der Waals surface area contributed by atoms with Gasteiger partial charge in [0.15, 0.2) is 0 Å². The van der Waals surface area contributed by atoms with Crippen molar-refractivity contribution in [3.05, 3.63) is 84.4 Å². The predicted octanol–water partition coefficient (Wildman–Crippen LogP) is 4.49. The number of hydrogen-bond donors (Lipinski definition) is 1. The Morgan fingerprint density at radius 2 is 1.66 bits per heavy atom. The number of carbonyl (C=O) groups excluding carboxylic acids is 1. The summed E-state index contributed by atoms with van der Waals surface area (Å²) >= 11 is 0. The van der Waals surface area contributed by atoms with Crippen LogP contribution in [0.3, 0.4) is 0 Å². The molecule has 1 aliphatic rings. The lowest BCUT2D eigenvalue weighted by Crippen LogP contribution is -2.51. The molecular formula is C27H32N4O. The van der Waals surface area contributed by atoms with Gasteiger partial charge >= 0.3 is 0 Å². The predicted molar refractivity (Wildman–Crippen MR) is 128 cm³/mol. The minimum atomic E-state index is -0.366. The number of piperidine rings is 1. The zero-order valence-electron chi connectivity index (χ0n) is 19.0. The molecule has 0 saturated carbocycles. The maximum atomic E-state index is 13.3. The molecule has 3 aromatic rings. The fraction of sp³-hybridized carbons (Fsp3) is 0.370. The second-order valence-corrected chi connectivity index (χ2v) is 9.16. The lowest BCUT2D eigenvalue weighted by molar-refractivity contribution is -0.134. The highest BCUT2D eigenvalue weighted by atomic mass is 16.2. The number of pyridine rings is 2. The van der Waals surface area contributed by atoms with E-state index in [4.69, 9.17) is 0 Å². The van der Waals surface area contributed by atoms with Crippen molar-refractivity contribution < 1.29 is 4.79 Å². The molecule has 1 fully saturated rings. The molecule has 1 amide bonds. The first kappa shape index (κ1) is 22.2. The molecule has 166 valence electrons. The van der Waals surface area contributed by atoms with E-state index in [9.17, 15) is 4.79 Å². The Morgan fingerprint density at radius 1 is 0.938 bits per heavy atom. The van der Waals surface area contributed by atoms with Crippen LogP contribution in [0.2, 0.25) is 0 Å². The third kappa shape index (κ3) is 5.40. The quantitative estimate of drug-likeness (QED) is 0.602. The lowest BCUT2D eigenvalue weighted by Gasteiger charge is -2.41. The molecule has 32 heavy (non-hydrogen) atoms.